The van der Waals surface area contributed by atoms with Crippen LogP contribution in [-0.4, -0.2) is 42.9 Å². The van der Waals surface area contributed by atoms with Gasteiger partial charge in [-0.05, 0) is 43.2 Å². The van der Waals surface area contributed by atoms with Crippen molar-refractivity contribution in [2.45, 2.75) is 90.7 Å². The molecule has 0 aliphatic heterocycles. The highest BCUT2D eigenvalue weighted by atomic mass is 31.2. The number of benzene rings is 2. The Morgan fingerprint density at radius 3 is 2.25 bits per heavy atom. The lowest BCUT2D eigenvalue weighted by atomic mass is 10.1. The molecular weight excluding hydrogens is 579 g/mol. The van der Waals surface area contributed by atoms with Gasteiger partial charge in [-0.25, -0.2) is 9.13 Å². The number of nitrogens with zero attached hydrogens (tertiary/aromatic N) is 2. The normalized spacial score (nSPS) is 13.3. The Labute approximate surface area is 263 Å². The molecule has 1 aromatic heterocycles. The van der Waals surface area contributed by atoms with Crippen LogP contribution in [0.4, 0.5) is 0 Å². The Hall–Kier alpha value is -2.97. The lowest BCUT2D eigenvalue weighted by molar-refractivity contribution is -0.691. The molecule has 0 amide bonds. The summed E-state index contributed by atoms with van der Waals surface area (Å²) in [5.74, 6) is 1.69. The second-order valence-electron chi connectivity index (χ2n) is 11.0. The highest BCUT2D eigenvalue weighted by Crippen LogP contribution is 2.44. The average molecular weight is 630 g/mol. The Balaban J connectivity index is 1.38. The van der Waals surface area contributed by atoms with Gasteiger partial charge in [-0.1, -0.05) is 87.9 Å². The van der Waals surface area contributed by atoms with Crippen molar-refractivity contribution in [3.05, 3.63) is 78.4 Å². The standard InChI is InChI=1S/C34H49N2O7P/c1-4-5-6-7-8-9-10-11-12-13-23-40-33-19-15-20-34(29(33)2)41-26-32(39-3)27-42-44(37,38)43-31-18-14-17-30(24-31)25-36-22-16-21-35-28-36/h14-22,24,28,32H,4-13,23,25-27H2,1-3H3/p+1. The smallest absolute Gasteiger partial charge is 0.493 e. The van der Waals surface area contributed by atoms with Crippen molar-refractivity contribution in [1.29, 1.82) is 0 Å². The summed E-state index contributed by atoms with van der Waals surface area (Å²) in [5.41, 5.74) is 1.78. The number of rotatable bonds is 23. The highest BCUT2D eigenvalue weighted by molar-refractivity contribution is 7.47. The molecule has 0 bridgehead atoms. The molecule has 0 saturated carbocycles. The molecule has 0 fully saturated rings. The molecule has 2 atom stereocenters. The van der Waals surface area contributed by atoms with E-state index in [4.69, 9.17) is 23.3 Å². The van der Waals surface area contributed by atoms with Gasteiger partial charge in [-0.3, -0.25) is 9.42 Å². The van der Waals surface area contributed by atoms with E-state index in [0.717, 1.165) is 23.3 Å². The van der Waals surface area contributed by atoms with Crippen LogP contribution in [0.25, 0.3) is 0 Å². The third kappa shape index (κ3) is 13.8. The summed E-state index contributed by atoms with van der Waals surface area (Å²) < 4.78 is 42.6. The zero-order valence-electron chi connectivity index (χ0n) is 26.6. The number of hydrogen-bond acceptors (Lipinski definition) is 7. The zero-order chi connectivity index (χ0) is 31.5. The van der Waals surface area contributed by atoms with Crippen LogP contribution in [0.2, 0.25) is 0 Å². The van der Waals surface area contributed by atoms with Gasteiger partial charge >= 0.3 is 7.82 Å². The quantitative estimate of drug-likeness (QED) is 0.0650. The number of phosphoric acid groups is 1. The van der Waals surface area contributed by atoms with E-state index in [1.54, 1.807) is 30.7 Å². The first-order valence-corrected chi connectivity index (χ1v) is 17.3. The van der Waals surface area contributed by atoms with Crippen molar-refractivity contribution in [1.82, 2.24) is 4.98 Å². The van der Waals surface area contributed by atoms with Crippen molar-refractivity contribution in [2.75, 3.05) is 26.9 Å². The van der Waals surface area contributed by atoms with Gasteiger partial charge in [-0.15, -0.1) is 0 Å². The van der Waals surface area contributed by atoms with Gasteiger partial charge in [-0.2, -0.15) is 0 Å². The summed E-state index contributed by atoms with van der Waals surface area (Å²) in [7, 11) is -2.90. The molecule has 3 aromatic rings. The maximum atomic E-state index is 12.7. The molecule has 0 saturated heterocycles. The number of hydrogen-bond donors (Lipinski definition) is 1. The van der Waals surface area contributed by atoms with E-state index in [2.05, 4.69) is 11.9 Å². The van der Waals surface area contributed by atoms with E-state index in [9.17, 15) is 9.46 Å². The average Bonchev–Trinajstić information content (AvgIpc) is 3.01. The first kappa shape index (κ1) is 35.5. The fourth-order valence-corrected chi connectivity index (χ4v) is 5.54. The Kier molecular flexibility index (Phi) is 16.3. The van der Waals surface area contributed by atoms with E-state index in [1.807, 2.05) is 48.0 Å². The summed E-state index contributed by atoms with van der Waals surface area (Å²) in [6.45, 7) is 5.35. The third-order valence-corrected chi connectivity index (χ3v) is 8.24. The predicted octanol–water partition coefficient (Wildman–Crippen LogP) is 7.62. The first-order chi connectivity index (χ1) is 21.4. The van der Waals surface area contributed by atoms with Gasteiger partial charge in [0.05, 0.1) is 19.4 Å². The van der Waals surface area contributed by atoms with Gasteiger partial charge in [0.25, 0.3) is 6.33 Å². The highest BCUT2D eigenvalue weighted by Gasteiger charge is 2.26. The van der Waals surface area contributed by atoms with Crippen LogP contribution >= 0.6 is 7.82 Å². The summed E-state index contributed by atoms with van der Waals surface area (Å²) in [5, 5.41) is 0. The van der Waals surface area contributed by atoms with Gasteiger partial charge in [0, 0.05) is 18.7 Å². The van der Waals surface area contributed by atoms with Crippen LogP contribution in [0.5, 0.6) is 17.2 Å². The van der Waals surface area contributed by atoms with Crippen LogP contribution in [0.3, 0.4) is 0 Å². The summed E-state index contributed by atoms with van der Waals surface area (Å²) in [6, 6.07) is 14.5. The zero-order valence-corrected chi connectivity index (χ0v) is 27.5. The molecule has 242 valence electrons. The molecule has 1 heterocycles. The molecule has 10 heteroatoms. The lowest BCUT2D eigenvalue weighted by Crippen LogP contribution is -2.33. The van der Waals surface area contributed by atoms with Crippen molar-refractivity contribution in [2.24, 2.45) is 0 Å². The van der Waals surface area contributed by atoms with Crippen molar-refractivity contribution in [3.8, 4) is 17.2 Å². The van der Waals surface area contributed by atoms with Gasteiger partial charge in [0.1, 0.15) is 42.7 Å². The van der Waals surface area contributed by atoms with Crippen LogP contribution in [0.1, 0.15) is 82.3 Å². The number of unbranched alkanes of at least 4 members (excludes halogenated alkanes) is 9. The largest absolute Gasteiger partial charge is 0.527 e. The minimum Gasteiger partial charge on any atom is -0.493 e. The van der Waals surface area contributed by atoms with Crippen LogP contribution < -0.4 is 18.6 Å². The Morgan fingerprint density at radius 1 is 0.886 bits per heavy atom. The molecular formula is C34H50N2O7P+. The number of methoxy groups -OCH3 is 1. The second-order valence-corrected chi connectivity index (χ2v) is 12.4. The molecule has 2 unspecified atom stereocenters. The van der Waals surface area contributed by atoms with Crippen LogP contribution in [0.15, 0.2) is 67.3 Å². The molecule has 0 spiro atoms. The molecule has 1 N–H and O–H groups in total. The minimum absolute atomic E-state index is 0.122. The van der Waals surface area contributed by atoms with E-state index in [1.165, 1.54) is 64.9 Å². The maximum Gasteiger partial charge on any atom is 0.527 e. The molecule has 3 rings (SSSR count). The monoisotopic (exact) mass is 629 g/mol. The summed E-state index contributed by atoms with van der Waals surface area (Å²) in [4.78, 5) is 14.4. The molecule has 2 aromatic carbocycles. The van der Waals surface area contributed by atoms with Crippen LogP contribution in [-0.2, 0) is 20.4 Å². The van der Waals surface area contributed by atoms with Crippen molar-refractivity contribution >= 4 is 7.82 Å². The SMILES string of the molecule is CCCCCCCCCCCCOc1cccc(OCC(COP(=O)(O)Oc2cccc(C[n+]3cccnc3)c2)OC)c1C. The summed E-state index contributed by atoms with van der Waals surface area (Å²) in [6.07, 6.45) is 17.5. The number of ether oxygens (including phenoxy) is 3. The Bertz CT molecular complexity index is 1260. The van der Waals surface area contributed by atoms with E-state index in [-0.39, 0.29) is 19.0 Å². The van der Waals surface area contributed by atoms with E-state index in [0.29, 0.717) is 18.9 Å². The predicted molar refractivity (Wildman–Crippen MR) is 171 cm³/mol. The maximum absolute atomic E-state index is 12.7. The second kappa shape index (κ2) is 20.1. The van der Waals surface area contributed by atoms with Crippen molar-refractivity contribution in [3.63, 3.8) is 0 Å². The molecule has 9 nitrogen and oxygen atoms in total. The summed E-state index contributed by atoms with van der Waals surface area (Å²) >= 11 is 0. The lowest BCUT2D eigenvalue weighted by Gasteiger charge is -2.20. The first-order valence-electron chi connectivity index (χ1n) is 15.8. The fourth-order valence-electron chi connectivity index (χ4n) is 4.75. The van der Waals surface area contributed by atoms with E-state index >= 15 is 0 Å². The van der Waals surface area contributed by atoms with Gasteiger partial charge in [0.2, 0.25) is 0 Å². The van der Waals surface area contributed by atoms with Gasteiger partial charge < -0.3 is 18.7 Å². The molecule has 0 aliphatic carbocycles. The van der Waals surface area contributed by atoms with E-state index < -0.39 is 13.9 Å². The van der Waals surface area contributed by atoms with Crippen molar-refractivity contribution < 1.29 is 37.3 Å². The molecule has 0 radical (unpaired) electrons. The third-order valence-electron chi connectivity index (χ3n) is 7.32. The van der Waals surface area contributed by atoms with Gasteiger partial charge in [0.15, 0.2) is 0 Å². The topological polar surface area (TPSA) is 100 Å². The fraction of sp³-hybridized carbons (Fsp3) is 0.529. The number of aromatic nitrogens is 2. The number of phosphoric ester groups is 1. The van der Waals surface area contributed by atoms with Crippen LogP contribution in [0, 0.1) is 6.92 Å². The molecule has 44 heavy (non-hydrogen) atoms. The molecule has 0 aliphatic rings. The minimum atomic E-state index is -4.40. The Morgan fingerprint density at radius 2 is 1.57 bits per heavy atom.